The summed E-state index contributed by atoms with van der Waals surface area (Å²) in [4.78, 5) is 18.5. The summed E-state index contributed by atoms with van der Waals surface area (Å²) in [5, 5.41) is 15.8. The van der Waals surface area contributed by atoms with E-state index in [4.69, 9.17) is 4.74 Å². The molecule has 3 aromatic rings. The fraction of sp³-hybridized carbons (Fsp3) is 0.389. The number of amides is 1. The Morgan fingerprint density at radius 2 is 2.04 bits per heavy atom. The van der Waals surface area contributed by atoms with Crippen molar-refractivity contribution in [2.45, 2.75) is 19.8 Å². The summed E-state index contributed by atoms with van der Waals surface area (Å²) in [5.74, 6) is 1.95. The number of nitrogens with zero attached hydrogens (tertiary/aromatic N) is 6. The van der Waals surface area contributed by atoms with Gasteiger partial charge < -0.3 is 15.0 Å². The van der Waals surface area contributed by atoms with Crippen molar-refractivity contribution in [2.75, 3.05) is 36.5 Å². The quantitative estimate of drug-likeness (QED) is 0.724. The summed E-state index contributed by atoms with van der Waals surface area (Å²) in [5.41, 5.74) is 1.72. The summed E-state index contributed by atoms with van der Waals surface area (Å²) in [6.07, 6.45) is 2.44. The minimum Gasteiger partial charge on any atom is -0.378 e. The molecule has 1 saturated heterocycles. The van der Waals surface area contributed by atoms with Gasteiger partial charge in [0.25, 0.3) is 0 Å². The Morgan fingerprint density at radius 1 is 1.19 bits per heavy atom. The van der Waals surface area contributed by atoms with Gasteiger partial charge in [0.05, 0.1) is 13.2 Å². The van der Waals surface area contributed by atoms with E-state index < -0.39 is 0 Å². The van der Waals surface area contributed by atoms with Gasteiger partial charge in [-0.05, 0) is 30.7 Å². The smallest absolute Gasteiger partial charge is 0.225 e. The third kappa shape index (κ3) is 4.03. The number of pyridine rings is 1. The number of carbonyl (C=O) groups excluding carboxylic acids is 1. The summed E-state index contributed by atoms with van der Waals surface area (Å²) < 4.78 is 7.10. The molecule has 9 nitrogen and oxygen atoms in total. The second-order valence-corrected chi connectivity index (χ2v) is 6.45. The first-order chi connectivity index (χ1) is 13.2. The Bertz CT molecular complexity index is 933. The van der Waals surface area contributed by atoms with Crippen molar-refractivity contribution in [3.8, 4) is 0 Å². The van der Waals surface area contributed by atoms with Gasteiger partial charge in [-0.3, -0.25) is 4.79 Å². The molecule has 140 valence electrons. The van der Waals surface area contributed by atoms with Gasteiger partial charge in [0.15, 0.2) is 11.5 Å². The molecule has 1 amide bonds. The molecule has 0 aliphatic carbocycles. The van der Waals surface area contributed by atoms with Crippen LogP contribution >= 0.6 is 0 Å². The molecule has 0 saturated carbocycles. The van der Waals surface area contributed by atoms with Crippen molar-refractivity contribution in [1.29, 1.82) is 0 Å². The van der Waals surface area contributed by atoms with Crippen molar-refractivity contribution in [3.05, 3.63) is 41.9 Å². The average Bonchev–Trinajstić information content (AvgIpc) is 3.11. The average molecular weight is 367 g/mol. The monoisotopic (exact) mass is 367 g/mol. The number of morpholine rings is 1. The third-order valence-electron chi connectivity index (χ3n) is 4.40. The van der Waals surface area contributed by atoms with Crippen LogP contribution in [0.3, 0.4) is 0 Å². The molecule has 0 aromatic carbocycles. The van der Waals surface area contributed by atoms with Crippen molar-refractivity contribution in [2.24, 2.45) is 0 Å². The van der Waals surface area contributed by atoms with E-state index in [9.17, 15) is 4.79 Å². The van der Waals surface area contributed by atoms with Gasteiger partial charge in [-0.1, -0.05) is 6.07 Å². The van der Waals surface area contributed by atoms with E-state index in [-0.39, 0.29) is 12.3 Å². The van der Waals surface area contributed by atoms with Crippen LogP contribution in [0.2, 0.25) is 0 Å². The number of ether oxygens (including phenoxy) is 1. The lowest BCUT2D eigenvalue weighted by Crippen LogP contribution is -2.37. The second kappa shape index (κ2) is 7.67. The number of aryl methyl sites for hydroxylation is 2. The predicted octanol–water partition coefficient (Wildman–Crippen LogP) is 1.24. The molecule has 0 radical (unpaired) electrons. The van der Waals surface area contributed by atoms with Gasteiger partial charge in [0.1, 0.15) is 11.6 Å². The molecule has 1 N–H and O–H groups in total. The third-order valence-corrected chi connectivity index (χ3v) is 4.40. The summed E-state index contributed by atoms with van der Waals surface area (Å²) >= 11 is 0. The first kappa shape index (κ1) is 17.3. The van der Waals surface area contributed by atoms with Gasteiger partial charge in [0, 0.05) is 32.1 Å². The number of nitrogens with one attached hydrogen (secondary N) is 1. The van der Waals surface area contributed by atoms with E-state index in [2.05, 4.69) is 30.5 Å². The minimum atomic E-state index is -0.118. The van der Waals surface area contributed by atoms with Crippen LogP contribution in [0, 0.1) is 6.92 Å². The first-order valence-corrected chi connectivity index (χ1v) is 8.95. The first-order valence-electron chi connectivity index (χ1n) is 8.95. The van der Waals surface area contributed by atoms with Crippen molar-refractivity contribution >= 4 is 23.2 Å². The van der Waals surface area contributed by atoms with Crippen LogP contribution in [0.4, 0.5) is 11.6 Å². The normalized spacial score (nSPS) is 14.5. The van der Waals surface area contributed by atoms with Crippen LogP contribution < -0.4 is 10.2 Å². The number of carbonyl (C=O) groups is 1. The Hall–Kier alpha value is -3.07. The number of fused-ring (bicyclic) bond motifs is 1. The standard InChI is InChI=1S/C18H21N7O2/c1-13-2-3-14(19-12-13)20-18(26)7-6-16-22-21-15-4-5-17(23-25(15)16)24-8-10-27-11-9-24/h2-5,12H,6-11H2,1H3,(H,19,20,26). The molecule has 27 heavy (non-hydrogen) atoms. The zero-order chi connectivity index (χ0) is 18.6. The highest BCUT2D eigenvalue weighted by Gasteiger charge is 2.15. The molecule has 0 spiro atoms. The number of anilines is 2. The number of rotatable bonds is 5. The SMILES string of the molecule is Cc1ccc(NC(=O)CCc2nnc3ccc(N4CCOCC4)nn23)nc1. The lowest BCUT2D eigenvalue weighted by molar-refractivity contribution is -0.116. The summed E-state index contributed by atoms with van der Waals surface area (Å²) in [6, 6.07) is 7.53. The van der Waals surface area contributed by atoms with Crippen LogP contribution in [-0.2, 0) is 16.0 Å². The van der Waals surface area contributed by atoms with Crippen molar-refractivity contribution in [1.82, 2.24) is 24.8 Å². The van der Waals surface area contributed by atoms with Crippen LogP contribution in [0.5, 0.6) is 0 Å². The largest absolute Gasteiger partial charge is 0.378 e. The maximum Gasteiger partial charge on any atom is 0.225 e. The maximum atomic E-state index is 12.2. The van der Waals surface area contributed by atoms with Gasteiger partial charge in [-0.25, -0.2) is 4.98 Å². The van der Waals surface area contributed by atoms with E-state index in [1.165, 1.54) is 0 Å². The fourth-order valence-corrected chi connectivity index (χ4v) is 2.91. The van der Waals surface area contributed by atoms with Gasteiger partial charge in [-0.15, -0.1) is 15.3 Å². The lowest BCUT2D eigenvalue weighted by atomic mass is 10.2. The molecule has 0 unspecified atom stereocenters. The van der Waals surface area contributed by atoms with E-state index in [0.717, 1.165) is 24.5 Å². The molecule has 1 aliphatic heterocycles. The number of aromatic nitrogens is 5. The lowest BCUT2D eigenvalue weighted by Gasteiger charge is -2.27. The highest BCUT2D eigenvalue weighted by molar-refractivity contribution is 5.89. The van der Waals surface area contributed by atoms with Gasteiger partial charge >= 0.3 is 0 Å². The molecule has 3 aromatic heterocycles. The van der Waals surface area contributed by atoms with Gasteiger partial charge in [-0.2, -0.15) is 4.52 Å². The fourth-order valence-electron chi connectivity index (χ4n) is 2.91. The zero-order valence-electron chi connectivity index (χ0n) is 15.1. The molecule has 1 fully saturated rings. The Labute approximate surface area is 156 Å². The van der Waals surface area contributed by atoms with Crippen molar-refractivity contribution in [3.63, 3.8) is 0 Å². The summed E-state index contributed by atoms with van der Waals surface area (Å²) in [7, 11) is 0. The second-order valence-electron chi connectivity index (χ2n) is 6.45. The molecular weight excluding hydrogens is 346 g/mol. The van der Waals surface area contributed by atoms with E-state index in [0.29, 0.717) is 36.9 Å². The summed E-state index contributed by atoms with van der Waals surface area (Å²) in [6.45, 7) is 4.96. The Morgan fingerprint density at radius 3 is 2.81 bits per heavy atom. The number of hydrogen-bond donors (Lipinski definition) is 1. The minimum absolute atomic E-state index is 0.118. The predicted molar refractivity (Wildman–Crippen MR) is 99.7 cm³/mol. The zero-order valence-corrected chi connectivity index (χ0v) is 15.1. The Kier molecular flexibility index (Phi) is 4.93. The van der Waals surface area contributed by atoms with E-state index in [1.54, 1.807) is 16.8 Å². The molecular formula is C18H21N7O2. The van der Waals surface area contributed by atoms with Crippen LogP contribution in [0.25, 0.3) is 5.65 Å². The topological polar surface area (TPSA) is 97.5 Å². The highest BCUT2D eigenvalue weighted by atomic mass is 16.5. The van der Waals surface area contributed by atoms with Crippen LogP contribution in [0.1, 0.15) is 17.8 Å². The van der Waals surface area contributed by atoms with Gasteiger partial charge in [0.2, 0.25) is 5.91 Å². The molecule has 9 heteroatoms. The van der Waals surface area contributed by atoms with Crippen LogP contribution in [0.15, 0.2) is 30.5 Å². The molecule has 4 heterocycles. The van der Waals surface area contributed by atoms with E-state index in [1.807, 2.05) is 25.1 Å². The van der Waals surface area contributed by atoms with E-state index >= 15 is 0 Å². The molecule has 4 rings (SSSR count). The molecule has 0 atom stereocenters. The molecule has 0 bridgehead atoms. The molecule has 1 aliphatic rings. The number of hydrogen-bond acceptors (Lipinski definition) is 7. The maximum absolute atomic E-state index is 12.2. The highest BCUT2D eigenvalue weighted by Crippen LogP contribution is 2.14. The van der Waals surface area contributed by atoms with Crippen LogP contribution in [-0.4, -0.2) is 57.0 Å². The van der Waals surface area contributed by atoms with Crippen molar-refractivity contribution < 1.29 is 9.53 Å². The Balaban J connectivity index is 1.43.